The molecule has 0 radical (unpaired) electrons. The number of anilines is 2. The molecule has 3 aromatic rings. The Hall–Kier alpha value is -3.74. The van der Waals surface area contributed by atoms with Gasteiger partial charge in [-0.3, -0.25) is 0 Å². The number of hydrogen-bond donors (Lipinski definition) is 2. The summed E-state index contributed by atoms with van der Waals surface area (Å²) >= 11 is 0. The average molecular weight is 381 g/mol. The molecule has 10 heteroatoms. The first-order chi connectivity index (χ1) is 13.6. The number of benzene rings is 1. The molecule has 1 amide bonds. The molecule has 2 aromatic heterocycles. The van der Waals surface area contributed by atoms with Crippen LogP contribution in [0.25, 0.3) is 11.2 Å². The summed E-state index contributed by atoms with van der Waals surface area (Å²) in [6, 6.07) is 6.10. The highest BCUT2D eigenvalue weighted by molar-refractivity contribution is 5.85. The monoisotopic (exact) mass is 381 g/mol. The summed E-state index contributed by atoms with van der Waals surface area (Å²) in [6.07, 6.45) is 3.44. The van der Waals surface area contributed by atoms with E-state index in [-0.39, 0.29) is 17.3 Å². The lowest BCUT2D eigenvalue weighted by molar-refractivity contribution is 0.126. The van der Waals surface area contributed by atoms with Crippen molar-refractivity contribution in [3.8, 4) is 6.07 Å². The first-order valence-corrected chi connectivity index (χ1v) is 8.69. The number of likely N-dealkylation sites (tertiary alicyclic amines) is 1. The lowest BCUT2D eigenvalue weighted by Crippen LogP contribution is -2.38. The van der Waals surface area contributed by atoms with Gasteiger partial charge in [-0.1, -0.05) is 0 Å². The second-order valence-corrected chi connectivity index (χ2v) is 6.48. The van der Waals surface area contributed by atoms with Crippen LogP contribution in [0.5, 0.6) is 0 Å². The molecule has 1 aliphatic rings. The van der Waals surface area contributed by atoms with Crippen LogP contribution in [0, 0.1) is 17.1 Å². The van der Waals surface area contributed by atoms with Gasteiger partial charge in [-0.15, -0.1) is 0 Å². The molecule has 28 heavy (non-hydrogen) atoms. The summed E-state index contributed by atoms with van der Waals surface area (Å²) in [7, 11) is 0. The average Bonchev–Trinajstić information content (AvgIpc) is 3.14. The number of carbonyl (C=O) groups is 1. The van der Waals surface area contributed by atoms with Crippen LogP contribution in [0.2, 0.25) is 0 Å². The molecule has 2 N–H and O–H groups in total. The highest BCUT2D eigenvalue weighted by Gasteiger charge is 2.25. The van der Waals surface area contributed by atoms with Crippen LogP contribution in [-0.2, 0) is 0 Å². The number of hydrogen-bond acceptors (Lipinski definition) is 6. The highest BCUT2D eigenvalue weighted by atomic mass is 19.1. The number of nitrogens with one attached hydrogen (secondary N) is 1. The number of piperidine rings is 1. The van der Waals surface area contributed by atoms with E-state index >= 15 is 0 Å². The first-order valence-electron chi connectivity index (χ1n) is 8.69. The van der Waals surface area contributed by atoms with Crippen LogP contribution in [0.3, 0.4) is 0 Å². The van der Waals surface area contributed by atoms with E-state index < -0.39 is 11.9 Å². The fourth-order valence-corrected chi connectivity index (χ4v) is 3.36. The molecule has 1 fully saturated rings. The van der Waals surface area contributed by atoms with Crippen molar-refractivity contribution in [3.05, 3.63) is 42.2 Å². The number of imidazole rings is 1. The maximum absolute atomic E-state index is 14.2. The number of carboxylic acid groups (broad SMARTS) is 1. The van der Waals surface area contributed by atoms with Gasteiger partial charge in [0.2, 0.25) is 0 Å². The van der Waals surface area contributed by atoms with Gasteiger partial charge >= 0.3 is 6.09 Å². The zero-order valence-corrected chi connectivity index (χ0v) is 14.7. The third kappa shape index (κ3) is 3.18. The predicted molar refractivity (Wildman–Crippen MR) is 97.6 cm³/mol. The Morgan fingerprint density at radius 3 is 2.75 bits per heavy atom. The summed E-state index contributed by atoms with van der Waals surface area (Å²) in [5, 5.41) is 20.8. The van der Waals surface area contributed by atoms with Crippen molar-refractivity contribution in [1.29, 1.82) is 5.26 Å². The van der Waals surface area contributed by atoms with Crippen molar-refractivity contribution in [2.45, 2.75) is 18.9 Å². The minimum absolute atomic E-state index is 0.0787. The van der Waals surface area contributed by atoms with E-state index in [1.165, 1.54) is 23.4 Å². The molecule has 3 heterocycles. The number of nitriles is 1. The molecule has 142 valence electrons. The molecule has 0 unspecified atom stereocenters. The molecule has 1 aromatic carbocycles. The fourth-order valence-electron chi connectivity index (χ4n) is 3.36. The molecular formula is C18H16FN7O2. The van der Waals surface area contributed by atoms with Gasteiger partial charge in [0.25, 0.3) is 0 Å². The molecular weight excluding hydrogens is 365 g/mol. The third-order valence-corrected chi connectivity index (χ3v) is 4.84. The minimum atomic E-state index is -0.910. The van der Waals surface area contributed by atoms with Crippen molar-refractivity contribution in [3.63, 3.8) is 0 Å². The maximum atomic E-state index is 14.2. The van der Waals surface area contributed by atoms with Crippen LogP contribution < -0.4 is 5.32 Å². The first kappa shape index (κ1) is 17.7. The summed E-state index contributed by atoms with van der Waals surface area (Å²) in [5.74, 6) is -0.207. The van der Waals surface area contributed by atoms with Crippen molar-refractivity contribution in [2.75, 3.05) is 18.4 Å². The smallest absolute Gasteiger partial charge is 0.407 e. The van der Waals surface area contributed by atoms with Crippen molar-refractivity contribution >= 4 is 28.8 Å². The number of halogens is 1. The minimum Gasteiger partial charge on any atom is -0.465 e. The number of rotatable bonds is 3. The lowest BCUT2D eigenvalue weighted by atomic mass is 10.1. The Morgan fingerprint density at radius 1 is 1.29 bits per heavy atom. The van der Waals surface area contributed by atoms with Crippen LogP contribution in [0.15, 0.2) is 30.9 Å². The Labute approximate surface area is 159 Å². The van der Waals surface area contributed by atoms with Crippen molar-refractivity contribution in [1.82, 2.24) is 24.4 Å². The quantitative estimate of drug-likeness (QED) is 0.716. The Morgan fingerprint density at radius 2 is 2.07 bits per heavy atom. The number of nitrogens with zero attached hydrogens (tertiary/aromatic N) is 6. The van der Waals surface area contributed by atoms with E-state index in [2.05, 4.69) is 20.3 Å². The number of fused-ring (bicyclic) bond motifs is 1. The molecule has 0 aliphatic carbocycles. The third-order valence-electron chi connectivity index (χ3n) is 4.84. The van der Waals surface area contributed by atoms with Gasteiger partial charge in [-0.05, 0) is 31.0 Å². The van der Waals surface area contributed by atoms with E-state index in [4.69, 9.17) is 10.4 Å². The summed E-state index contributed by atoms with van der Waals surface area (Å²) in [6.45, 7) is 0.901. The molecule has 1 saturated heterocycles. The number of aromatic nitrogens is 4. The van der Waals surface area contributed by atoms with E-state index in [9.17, 15) is 9.18 Å². The van der Waals surface area contributed by atoms with Crippen LogP contribution in [0.4, 0.5) is 20.7 Å². The van der Waals surface area contributed by atoms with Crippen molar-refractivity contribution in [2.24, 2.45) is 0 Å². The molecule has 0 spiro atoms. The second-order valence-electron chi connectivity index (χ2n) is 6.48. The SMILES string of the molecule is N#Cc1ccc(Nc2ncnc3c2ncn3C2CCN(C(=O)O)CC2)c(F)c1. The van der Waals surface area contributed by atoms with Crippen LogP contribution >= 0.6 is 0 Å². The van der Waals surface area contributed by atoms with Gasteiger partial charge < -0.3 is 19.9 Å². The molecule has 0 bridgehead atoms. The van der Waals surface area contributed by atoms with Crippen LogP contribution in [0.1, 0.15) is 24.4 Å². The standard InChI is InChI=1S/C18H16FN7O2/c19-13-7-11(8-20)1-2-14(13)24-16-15-17(22-9-21-16)26(10-23-15)12-3-5-25(6-4-12)18(27)28/h1-2,7,9-10,12H,3-6H2,(H,27,28)(H,21,22,24). The maximum Gasteiger partial charge on any atom is 0.407 e. The zero-order chi connectivity index (χ0) is 19.7. The zero-order valence-electron chi connectivity index (χ0n) is 14.7. The van der Waals surface area contributed by atoms with Gasteiger partial charge in [-0.2, -0.15) is 5.26 Å². The fraction of sp³-hybridized carbons (Fsp3) is 0.278. The van der Waals surface area contributed by atoms with Gasteiger partial charge in [0.1, 0.15) is 12.1 Å². The van der Waals surface area contributed by atoms with Gasteiger partial charge in [0.05, 0.1) is 23.6 Å². The van der Waals surface area contributed by atoms with E-state index in [1.807, 2.05) is 10.6 Å². The highest BCUT2D eigenvalue weighted by Crippen LogP contribution is 2.29. The molecule has 4 rings (SSSR count). The largest absolute Gasteiger partial charge is 0.465 e. The normalized spacial score (nSPS) is 14.8. The van der Waals surface area contributed by atoms with Crippen LogP contribution in [-0.4, -0.2) is 48.7 Å². The van der Waals surface area contributed by atoms with E-state index in [0.29, 0.717) is 42.9 Å². The lowest BCUT2D eigenvalue weighted by Gasteiger charge is -2.30. The van der Waals surface area contributed by atoms with Gasteiger partial charge in [0, 0.05) is 19.1 Å². The molecule has 0 atom stereocenters. The Balaban J connectivity index is 1.61. The topological polar surface area (TPSA) is 120 Å². The van der Waals surface area contributed by atoms with Gasteiger partial charge in [-0.25, -0.2) is 24.1 Å². The van der Waals surface area contributed by atoms with Gasteiger partial charge in [0.15, 0.2) is 17.0 Å². The summed E-state index contributed by atoms with van der Waals surface area (Å²) in [4.78, 5) is 25.3. The van der Waals surface area contributed by atoms with E-state index in [0.717, 1.165) is 6.07 Å². The number of amides is 1. The predicted octanol–water partition coefficient (Wildman–Crippen LogP) is 2.90. The Kier molecular flexibility index (Phi) is 4.49. The van der Waals surface area contributed by atoms with E-state index in [1.54, 1.807) is 6.33 Å². The summed E-state index contributed by atoms with van der Waals surface area (Å²) < 4.78 is 16.1. The van der Waals surface area contributed by atoms with Crippen molar-refractivity contribution < 1.29 is 14.3 Å². The molecule has 1 aliphatic heterocycles. The second kappa shape index (κ2) is 7.11. The molecule has 0 saturated carbocycles. The molecule has 9 nitrogen and oxygen atoms in total. The summed E-state index contributed by atoms with van der Waals surface area (Å²) in [5.41, 5.74) is 1.50. The Bertz CT molecular complexity index is 1080.